The van der Waals surface area contributed by atoms with Gasteiger partial charge in [0.2, 0.25) is 5.78 Å². The predicted molar refractivity (Wildman–Crippen MR) is 115 cm³/mol. The van der Waals surface area contributed by atoms with Crippen LogP contribution in [0.2, 0.25) is 0 Å². The van der Waals surface area contributed by atoms with Gasteiger partial charge in [0.15, 0.2) is 0 Å². The Labute approximate surface area is 178 Å². The van der Waals surface area contributed by atoms with Gasteiger partial charge in [0.25, 0.3) is 10.0 Å². The van der Waals surface area contributed by atoms with Crippen molar-refractivity contribution in [3.63, 3.8) is 0 Å². The number of aromatic nitrogens is 1. The molecule has 0 saturated carbocycles. The Kier molecular flexibility index (Phi) is 5.23. The van der Waals surface area contributed by atoms with Crippen LogP contribution in [-0.4, -0.2) is 24.1 Å². The van der Waals surface area contributed by atoms with E-state index in [1.165, 1.54) is 42.6 Å². The van der Waals surface area contributed by atoms with Gasteiger partial charge in [-0.25, -0.2) is 12.4 Å². The number of fused-ring (bicyclic) bond motifs is 1. The lowest BCUT2D eigenvalue weighted by Gasteiger charge is -2.14. The third-order valence-corrected chi connectivity index (χ3v) is 6.81. The smallest absolute Gasteiger partial charge is 0.287 e. The molecule has 0 N–H and O–H groups in total. The highest BCUT2D eigenvalue weighted by Gasteiger charge is 2.40. The monoisotopic (exact) mass is 439 g/mol. The minimum absolute atomic E-state index is 0.0533. The maximum Gasteiger partial charge on any atom is 0.313 e. The molecule has 0 amide bonds. The Balaban J connectivity index is 1.79. The lowest BCUT2D eigenvalue weighted by atomic mass is 9.99. The molecule has 4 aromatic rings. The van der Waals surface area contributed by atoms with Gasteiger partial charge in [-0.2, -0.15) is 8.78 Å². The van der Waals surface area contributed by atoms with Crippen LogP contribution in [0.4, 0.5) is 8.78 Å². The van der Waals surface area contributed by atoms with E-state index in [0.29, 0.717) is 5.39 Å². The normalized spacial score (nSPS) is 12.2. The van der Waals surface area contributed by atoms with Crippen molar-refractivity contribution in [2.75, 3.05) is 0 Å². The molecule has 0 aliphatic carbocycles. The second-order valence-corrected chi connectivity index (χ2v) is 9.18. The summed E-state index contributed by atoms with van der Waals surface area (Å²) in [6, 6.07) is 20.1. The number of Topliss-reactive ketones (excluding diaryl/α,β-unsaturated/α-hetero) is 1. The molecule has 31 heavy (non-hydrogen) atoms. The summed E-state index contributed by atoms with van der Waals surface area (Å²) in [4.78, 5) is 12.4. The summed E-state index contributed by atoms with van der Waals surface area (Å²) < 4.78 is 57.2. The molecule has 0 saturated heterocycles. The Bertz CT molecular complexity index is 1360. The lowest BCUT2D eigenvalue weighted by molar-refractivity contribution is 0.0108. The van der Waals surface area contributed by atoms with E-state index in [1.807, 2.05) is 6.92 Å². The fourth-order valence-corrected chi connectivity index (χ4v) is 4.89. The molecule has 0 spiro atoms. The first-order chi connectivity index (χ1) is 14.7. The standard InChI is InChI=1S/C24H19F2NO3S/c1-17-11-13-20(14-12-17)31(29,30)27-16-19(21-9-5-6-10-22(21)27)15-24(25,26)23(28)18-7-3-2-4-8-18/h2-14,16H,15H2,1H3. The summed E-state index contributed by atoms with van der Waals surface area (Å²) in [6.45, 7) is 1.84. The van der Waals surface area contributed by atoms with E-state index in [1.54, 1.807) is 42.5 Å². The van der Waals surface area contributed by atoms with Gasteiger partial charge in [0, 0.05) is 23.6 Å². The van der Waals surface area contributed by atoms with Gasteiger partial charge < -0.3 is 0 Å². The number of carbonyl (C=O) groups is 1. The SMILES string of the molecule is Cc1ccc(S(=O)(=O)n2cc(CC(F)(F)C(=O)c3ccccc3)c3ccccc32)cc1. The molecule has 0 radical (unpaired) electrons. The molecular formula is C24H19F2NO3S. The molecule has 0 aliphatic heterocycles. The number of nitrogens with zero attached hydrogens (tertiary/aromatic N) is 1. The second kappa shape index (κ2) is 7.74. The Morgan fingerprint density at radius 3 is 2.19 bits per heavy atom. The summed E-state index contributed by atoms with van der Waals surface area (Å²) >= 11 is 0. The third-order valence-electron chi connectivity index (χ3n) is 5.12. The van der Waals surface area contributed by atoms with Crippen LogP contribution < -0.4 is 0 Å². The Morgan fingerprint density at radius 1 is 0.903 bits per heavy atom. The number of rotatable bonds is 6. The van der Waals surface area contributed by atoms with Crippen LogP contribution in [0.15, 0.2) is 90.0 Å². The molecule has 0 atom stereocenters. The predicted octanol–water partition coefficient (Wildman–Crippen LogP) is 5.25. The van der Waals surface area contributed by atoms with Gasteiger partial charge in [-0.05, 0) is 30.7 Å². The molecule has 0 bridgehead atoms. The molecule has 1 heterocycles. The second-order valence-electron chi connectivity index (χ2n) is 7.36. The summed E-state index contributed by atoms with van der Waals surface area (Å²) in [6.07, 6.45) is 0.281. The van der Waals surface area contributed by atoms with Gasteiger partial charge in [0.05, 0.1) is 10.4 Å². The molecule has 7 heteroatoms. The Morgan fingerprint density at radius 2 is 1.52 bits per heavy atom. The molecule has 1 aromatic heterocycles. The molecule has 4 rings (SSSR count). The van der Waals surface area contributed by atoms with Crippen LogP contribution in [0, 0.1) is 6.92 Å². The van der Waals surface area contributed by atoms with E-state index in [0.717, 1.165) is 9.54 Å². The number of benzene rings is 3. The van der Waals surface area contributed by atoms with Crippen molar-refractivity contribution in [3.8, 4) is 0 Å². The molecule has 0 aliphatic rings. The topological polar surface area (TPSA) is 56.1 Å². The van der Waals surface area contributed by atoms with E-state index in [2.05, 4.69) is 0 Å². The largest absolute Gasteiger partial charge is 0.313 e. The Hall–Kier alpha value is -3.32. The van der Waals surface area contributed by atoms with Crippen LogP contribution in [0.25, 0.3) is 10.9 Å². The van der Waals surface area contributed by atoms with Gasteiger partial charge >= 0.3 is 5.92 Å². The zero-order valence-corrected chi connectivity index (χ0v) is 17.4. The summed E-state index contributed by atoms with van der Waals surface area (Å²) in [7, 11) is -4.00. The minimum Gasteiger partial charge on any atom is -0.287 e. The van der Waals surface area contributed by atoms with E-state index < -0.39 is 28.1 Å². The number of carbonyl (C=O) groups excluding carboxylic acids is 1. The number of hydrogen-bond acceptors (Lipinski definition) is 3. The average Bonchev–Trinajstić information content (AvgIpc) is 3.13. The number of hydrogen-bond donors (Lipinski definition) is 0. The molecule has 0 unspecified atom stereocenters. The average molecular weight is 439 g/mol. The van der Waals surface area contributed by atoms with Gasteiger partial charge in [-0.1, -0.05) is 66.2 Å². The van der Waals surface area contributed by atoms with E-state index in [4.69, 9.17) is 0 Å². The lowest BCUT2D eigenvalue weighted by Crippen LogP contribution is -2.31. The minimum atomic E-state index is -4.00. The number of alkyl halides is 2. The van der Waals surface area contributed by atoms with Gasteiger partial charge in [0.1, 0.15) is 0 Å². The van der Waals surface area contributed by atoms with Crippen molar-refractivity contribution >= 4 is 26.7 Å². The highest BCUT2D eigenvalue weighted by atomic mass is 32.2. The first kappa shape index (κ1) is 20.9. The van der Waals surface area contributed by atoms with E-state index in [-0.39, 0.29) is 21.5 Å². The summed E-state index contributed by atoms with van der Waals surface area (Å²) in [5, 5.41) is 0.360. The molecule has 3 aromatic carbocycles. The van der Waals surface area contributed by atoms with Crippen LogP contribution in [0.5, 0.6) is 0 Å². The number of halogens is 2. The van der Waals surface area contributed by atoms with Crippen molar-refractivity contribution in [2.24, 2.45) is 0 Å². The summed E-state index contributed by atoms with van der Waals surface area (Å²) in [5.41, 5.74) is 1.17. The maximum absolute atomic E-state index is 14.9. The fraction of sp³-hybridized carbons (Fsp3) is 0.125. The van der Waals surface area contributed by atoms with Crippen molar-refractivity contribution in [2.45, 2.75) is 24.2 Å². The molecule has 4 nitrogen and oxygen atoms in total. The highest BCUT2D eigenvalue weighted by molar-refractivity contribution is 7.90. The van der Waals surface area contributed by atoms with Crippen LogP contribution in [0.1, 0.15) is 21.5 Å². The quantitative estimate of drug-likeness (QED) is 0.386. The summed E-state index contributed by atoms with van der Waals surface area (Å²) in [5.74, 6) is -4.99. The molecule has 158 valence electrons. The molecule has 0 fully saturated rings. The highest BCUT2D eigenvalue weighted by Crippen LogP contribution is 2.32. The number of para-hydroxylation sites is 1. The van der Waals surface area contributed by atoms with Gasteiger partial charge in [-0.3, -0.25) is 4.79 Å². The van der Waals surface area contributed by atoms with Crippen molar-refractivity contribution in [3.05, 3.63) is 102 Å². The van der Waals surface area contributed by atoms with E-state index in [9.17, 15) is 22.0 Å². The fourth-order valence-electron chi connectivity index (χ4n) is 3.50. The van der Waals surface area contributed by atoms with Crippen molar-refractivity contribution < 1.29 is 22.0 Å². The zero-order chi connectivity index (χ0) is 22.2. The van der Waals surface area contributed by atoms with Crippen LogP contribution >= 0.6 is 0 Å². The van der Waals surface area contributed by atoms with Gasteiger partial charge in [-0.15, -0.1) is 0 Å². The maximum atomic E-state index is 14.9. The van der Waals surface area contributed by atoms with Crippen LogP contribution in [0.3, 0.4) is 0 Å². The van der Waals surface area contributed by atoms with Crippen molar-refractivity contribution in [1.29, 1.82) is 0 Å². The van der Waals surface area contributed by atoms with E-state index >= 15 is 0 Å². The van der Waals surface area contributed by atoms with Crippen molar-refractivity contribution in [1.82, 2.24) is 3.97 Å². The number of aryl methyl sites for hydroxylation is 1. The first-order valence-electron chi connectivity index (χ1n) is 9.59. The first-order valence-corrected chi connectivity index (χ1v) is 11.0. The molecular weight excluding hydrogens is 420 g/mol. The number of ketones is 1. The zero-order valence-electron chi connectivity index (χ0n) is 16.6. The third kappa shape index (κ3) is 3.88. The van der Waals surface area contributed by atoms with Crippen LogP contribution in [-0.2, 0) is 16.4 Å².